The number of hydrogen-bond acceptors (Lipinski definition) is 7. The fraction of sp³-hybridized carbons (Fsp3) is 0.222. The molecule has 9 nitrogen and oxygen atoms in total. The van der Waals surface area contributed by atoms with Gasteiger partial charge in [0.05, 0.1) is 12.5 Å². The molecule has 140 valence electrons. The number of rotatable bonds is 6. The highest BCUT2D eigenvalue weighted by molar-refractivity contribution is 5.79. The molecule has 0 atom stereocenters. The van der Waals surface area contributed by atoms with Crippen LogP contribution in [0.15, 0.2) is 40.1 Å². The van der Waals surface area contributed by atoms with Crippen LogP contribution < -0.4 is 21.3 Å². The minimum absolute atomic E-state index is 0.0358. The highest BCUT2D eigenvalue weighted by Gasteiger charge is 2.14. The first-order valence-electron chi connectivity index (χ1n) is 8.12. The van der Waals surface area contributed by atoms with Crippen molar-refractivity contribution in [2.24, 2.45) is 0 Å². The van der Waals surface area contributed by atoms with Crippen molar-refractivity contribution < 1.29 is 14.3 Å². The fourth-order valence-corrected chi connectivity index (χ4v) is 2.66. The van der Waals surface area contributed by atoms with Gasteiger partial charge in [-0.15, -0.1) is 0 Å². The molecule has 1 aromatic carbocycles. The first-order chi connectivity index (χ1) is 13.0. The van der Waals surface area contributed by atoms with E-state index in [2.05, 4.69) is 20.3 Å². The van der Waals surface area contributed by atoms with Crippen molar-refractivity contribution in [3.63, 3.8) is 0 Å². The van der Waals surface area contributed by atoms with Crippen LogP contribution in [0.5, 0.6) is 5.75 Å². The Morgan fingerprint density at radius 2 is 2.07 bits per heavy atom. The lowest BCUT2D eigenvalue weighted by Gasteiger charge is -2.14. The van der Waals surface area contributed by atoms with Crippen LogP contribution in [-0.2, 0) is 22.7 Å². The second-order valence-corrected chi connectivity index (χ2v) is 5.76. The van der Waals surface area contributed by atoms with Gasteiger partial charge < -0.3 is 14.8 Å². The molecule has 0 fully saturated rings. The lowest BCUT2D eigenvalue weighted by molar-refractivity contribution is -0.142. The second-order valence-electron chi connectivity index (χ2n) is 5.76. The van der Waals surface area contributed by atoms with Gasteiger partial charge in [0.25, 0.3) is 5.56 Å². The van der Waals surface area contributed by atoms with Crippen LogP contribution in [0.4, 0.5) is 5.69 Å². The molecule has 2 aromatic heterocycles. The molecule has 3 rings (SSSR count). The Hall–Kier alpha value is -3.62. The standard InChI is InChI=1S/C18H18N4O5/c1-10(23)27-9-11-7-20-16-15(17(24)22-18(25)21-16)14(11)8-19-12-4-3-5-13(6-12)26-2/h3-7,19H,8-9H2,1-2H3,(H2,20,21,22,24,25). The van der Waals surface area contributed by atoms with Gasteiger partial charge >= 0.3 is 11.7 Å². The predicted molar refractivity (Wildman–Crippen MR) is 98.8 cm³/mol. The highest BCUT2D eigenvalue weighted by Crippen LogP contribution is 2.21. The third-order valence-corrected chi connectivity index (χ3v) is 3.93. The summed E-state index contributed by atoms with van der Waals surface area (Å²) in [6.45, 7) is 1.51. The molecule has 0 radical (unpaired) electrons. The molecular weight excluding hydrogens is 352 g/mol. The van der Waals surface area contributed by atoms with Crippen LogP contribution in [0.3, 0.4) is 0 Å². The summed E-state index contributed by atoms with van der Waals surface area (Å²) in [5.41, 5.74) is 0.872. The van der Waals surface area contributed by atoms with Gasteiger partial charge in [0, 0.05) is 37.0 Å². The molecule has 2 heterocycles. The summed E-state index contributed by atoms with van der Waals surface area (Å²) >= 11 is 0. The number of methoxy groups -OCH3 is 1. The molecule has 3 aromatic rings. The van der Waals surface area contributed by atoms with Crippen molar-refractivity contribution in [3.8, 4) is 5.75 Å². The molecule has 0 saturated heterocycles. The molecule has 0 bridgehead atoms. The van der Waals surface area contributed by atoms with E-state index in [9.17, 15) is 14.4 Å². The van der Waals surface area contributed by atoms with Gasteiger partial charge in [0.2, 0.25) is 0 Å². The van der Waals surface area contributed by atoms with Crippen molar-refractivity contribution >= 4 is 22.7 Å². The monoisotopic (exact) mass is 370 g/mol. The number of nitrogens with zero attached hydrogens (tertiary/aromatic N) is 1. The normalized spacial score (nSPS) is 10.6. The van der Waals surface area contributed by atoms with E-state index in [4.69, 9.17) is 9.47 Å². The van der Waals surface area contributed by atoms with Crippen LogP contribution in [-0.4, -0.2) is 28.0 Å². The summed E-state index contributed by atoms with van der Waals surface area (Å²) in [6.07, 6.45) is 1.48. The average molecular weight is 370 g/mol. The van der Waals surface area contributed by atoms with E-state index >= 15 is 0 Å². The summed E-state index contributed by atoms with van der Waals surface area (Å²) in [5.74, 6) is 0.235. The maximum atomic E-state index is 12.4. The van der Waals surface area contributed by atoms with Crippen molar-refractivity contribution in [1.82, 2.24) is 15.0 Å². The largest absolute Gasteiger partial charge is 0.497 e. The summed E-state index contributed by atoms with van der Waals surface area (Å²) in [5, 5.41) is 3.44. The molecule has 0 aliphatic carbocycles. The molecule has 0 amide bonds. The van der Waals surface area contributed by atoms with Gasteiger partial charge in [-0.1, -0.05) is 6.07 Å². The van der Waals surface area contributed by atoms with E-state index in [0.717, 1.165) is 5.69 Å². The van der Waals surface area contributed by atoms with E-state index in [0.29, 0.717) is 16.9 Å². The Bertz CT molecular complexity index is 1100. The number of carbonyl (C=O) groups excluding carboxylic acids is 1. The Morgan fingerprint density at radius 1 is 1.26 bits per heavy atom. The zero-order valence-electron chi connectivity index (χ0n) is 14.8. The molecule has 0 saturated carbocycles. The highest BCUT2D eigenvalue weighted by atomic mass is 16.5. The van der Waals surface area contributed by atoms with Crippen molar-refractivity contribution in [1.29, 1.82) is 0 Å². The molecule has 9 heteroatoms. The second kappa shape index (κ2) is 7.73. The third-order valence-electron chi connectivity index (χ3n) is 3.93. The molecule has 0 unspecified atom stereocenters. The minimum atomic E-state index is -0.639. The number of pyridine rings is 1. The van der Waals surface area contributed by atoms with Crippen LogP contribution >= 0.6 is 0 Å². The molecule has 0 aliphatic heterocycles. The number of H-pyrrole nitrogens is 2. The van der Waals surface area contributed by atoms with Gasteiger partial charge in [-0.05, 0) is 17.7 Å². The maximum Gasteiger partial charge on any atom is 0.327 e. The maximum absolute atomic E-state index is 12.4. The number of fused-ring (bicyclic) bond motifs is 1. The molecular formula is C18H18N4O5. The summed E-state index contributed by atoms with van der Waals surface area (Å²) < 4.78 is 10.3. The van der Waals surface area contributed by atoms with Crippen LogP contribution in [0.25, 0.3) is 11.0 Å². The van der Waals surface area contributed by atoms with Gasteiger partial charge in [-0.25, -0.2) is 9.78 Å². The van der Waals surface area contributed by atoms with E-state index in [1.54, 1.807) is 13.2 Å². The van der Waals surface area contributed by atoms with Gasteiger partial charge in [-0.3, -0.25) is 19.6 Å². The first kappa shape index (κ1) is 18.2. The van der Waals surface area contributed by atoms with Crippen LogP contribution in [0.2, 0.25) is 0 Å². The number of nitrogens with one attached hydrogen (secondary N) is 3. The van der Waals surface area contributed by atoms with Gasteiger partial charge in [0.1, 0.15) is 18.0 Å². The summed E-state index contributed by atoms with van der Waals surface area (Å²) in [4.78, 5) is 43.8. The number of aromatic nitrogens is 3. The smallest absolute Gasteiger partial charge is 0.327 e. The van der Waals surface area contributed by atoms with Gasteiger partial charge in [-0.2, -0.15) is 0 Å². The van der Waals surface area contributed by atoms with Gasteiger partial charge in [0.15, 0.2) is 0 Å². The fourth-order valence-electron chi connectivity index (χ4n) is 2.66. The van der Waals surface area contributed by atoms with E-state index < -0.39 is 17.2 Å². The van der Waals surface area contributed by atoms with Crippen molar-refractivity contribution in [2.45, 2.75) is 20.1 Å². The number of ether oxygens (including phenoxy) is 2. The SMILES string of the molecule is COc1cccc(NCc2c(COC(C)=O)cnc3[nH]c(=O)[nH]c(=O)c23)c1. The van der Waals surface area contributed by atoms with Crippen molar-refractivity contribution in [2.75, 3.05) is 12.4 Å². The third kappa shape index (κ3) is 4.14. The number of aromatic amines is 2. The Morgan fingerprint density at radius 3 is 2.81 bits per heavy atom. The Kier molecular flexibility index (Phi) is 5.20. The number of carbonyl (C=O) groups is 1. The van der Waals surface area contributed by atoms with E-state index in [-0.39, 0.29) is 24.2 Å². The zero-order chi connectivity index (χ0) is 19.4. The Labute approximate surface area is 153 Å². The van der Waals surface area contributed by atoms with E-state index in [1.807, 2.05) is 18.2 Å². The summed E-state index contributed by atoms with van der Waals surface area (Å²) in [6, 6.07) is 7.30. The molecule has 27 heavy (non-hydrogen) atoms. The number of benzene rings is 1. The van der Waals surface area contributed by atoms with E-state index in [1.165, 1.54) is 13.1 Å². The number of esters is 1. The lowest BCUT2D eigenvalue weighted by Crippen LogP contribution is -2.24. The lowest BCUT2D eigenvalue weighted by atomic mass is 10.1. The van der Waals surface area contributed by atoms with Crippen LogP contribution in [0, 0.1) is 0 Å². The Balaban J connectivity index is 2.03. The molecule has 3 N–H and O–H groups in total. The minimum Gasteiger partial charge on any atom is -0.497 e. The zero-order valence-corrected chi connectivity index (χ0v) is 14.8. The number of anilines is 1. The first-order valence-corrected chi connectivity index (χ1v) is 8.12. The quantitative estimate of drug-likeness (QED) is 0.558. The van der Waals surface area contributed by atoms with Crippen molar-refractivity contribution in [3.05, 3.63) is 62.4 Å². The number of hydrogen-bond donors (Lipinski definition) is 3. The predicted octanol–water partition coefficient (Wildman–Crippen LogP) is 1.30. The van der Waals surface area contributed by atoms with Crippen LogP contribution in [0.1, 0.15) is 18.1 Å². The average Bonchev–Trinajstić information content (AvgIpc) is 2.64. The molecule has 0 spiro atoms. The topological polar surface area (TPSA) is 126 Å². The molecule has 0 aliphatic rings. The summed E-state index contributed by atoms with van der Waals surface area (Å²) in [7, 11) is 1.57.